The molecule has 0 aliphatic carbocycles. The summed E-state index contributed by atoms with van der Waals surface area (Å²) in [5, 5.41) is 148. The summed E-state index contributed by atoms with van der Waals surface area (Å²) in [5.41, 5.74) is 7.34. The number of amides is 1. The first-order valence-electron chi connectivity index (χ1n) is 25.2. The van der Waals surface area contributed by atoms with E-state index in [9.17, 15) is 19.2 Å². The molecule has 0 aromatic heterocycles. The molecule has 62 heteroatoms. The number of hydrogen-bond acceptors (Lipinski definition) is 11. The molecule has 3 aromatic rings. The van der Waals surface area contributed by atoms with E-state index in [0.717, 1.165) is 50.7 Å². The highest BCUT2D eigenvalue weighted by molar-refractivity contribution is 6.34. The van der Waals surface area contributed by atoms with Gasteiger partial charge in [0.2, 0.25) is 0 Å². The van der Waals surface area contributed by atoms with Crippen molar-refractivity contribution in [1.82, 2.24) is 0 Å². The second kappa shape index (κ2) is 58.1. The van der Waals surface area contributed by atoms with Gasteiger partial charge in [0.05, 0.1) is 42.7 Å². The summed E-state index contributed by atoms with van der Waals surface area (Å²) in [5.74, 6) is 4.29. The first-order chi connectivity index (χ1) is 48.2. The molecule has 0 heterocycles. The van der Waals surface area contributed by atoms with Crippen LogP contribution in [0.15, 0.2) is 348 Å². The number of ether oxygens (including phenoxy) is 5. The van der Waals surface area contributed by atoms with Crippen LogP contribution in [0.2, 0.25) is 5.02 Å². The topological polar surface area (TPSA) is 782 Å². The van der Waals surface area contributed by atoms with Crippen LogP contribution in [0.1, 0.15) is 59.2 Å². The first-order valence-corrected chi connectivity index (χ1v) is 25.6. The Morgan fingerprint density at radius 1 is 0.378 bits per heavy atom. The van der Waals surface area contributed by atoms with Crippen LogP contribution in [0.25, 0.3) is 0 Å². The van der Waals surface area contributed by atoms with Gasteiger partial charge in [0.15, 0.2) is 0 Å². The smallest absolute Gasteiger partial charge is 0.343 e. The Bertz CT molecular complexity index is 3680. The Morgan fingerprint density at radius 2 is 0.653 bits per heavy atom. The zero-order chi connectivity index (χ0) is 70.5. The third-order valence-electron chi connectivity index (χ3n) is 8.48. The minimum absolute atomic E-state index is 0.200. The Kier molecular flexibility index (Phi) is 46.7. The van der Waals surface area contributed by atoms with E-state index in [-0.39, 0.29) is 16.7 Å². The number of unbranched alkanes of at least 4 members (excludes halogenated alkanes) is 4. The normalized spacial score (nSPS) is 12.9. The number of carbonyl (C=O) groups is 4. The van der Waals surface area contributed by atoms with Gasteiger partial charge in [-0.05, 0) is 178 Å². The maximum Gasteiger partial charge on any atom is 0.343 e. The molecule has 0 spiro atoms. The predicted octanol–water partition coefficient (Wildman–Crippen LogP) is 16.1. The fourth-order valence-corrected chi connectivity index (χ4v) is 5.08. The lowest BCUT2D eigenvalue weighted by atomic mass is 10.2. The maximum absolute atomic E-state index is 12.8. The van der Waals surface area contributed by atoms with Crippen LogP contribution in [0.4, 0.5) is 5.69 Å². The molecular formula is C36H41ClN52O9. The van der Waals surface area contributed by atoms with Gasteiger partial charge < -0.3 is 34.8 Å². The second-order valence-corrected chi connectivity index (χ2v) is 14.9. The van der Waals surface area contributed by atoms with E-state index in [1.54, 1.807) is 54.6 Å². The molecule has 0 saturated carbocycles. The van der Waals surface area contributed by atoms with Crippen molar-refractivity contribution in [3.63, 3.8) is 0 Å². The van der Waals surface area contributed by atoms with Crippen LogP contribution >= 0.6 is 11.6 Å². The molecule has 61 nitrogen and oxygen atoms in total. The number of nitrogens with two attached hydrogens (primary N) is 1. The third-order valence-corrected chi connectivity index (χ3v) is 8.79. The molecule has 0 aliphatic heterocycles. The average Bonchev–Trinajstić information content (AvgIpc) is 0.872. The lowest BCUT2D eigenvalue weighted by Gasteiger charge is -2.11. The van der Waals surface area contributed by atoms with E-state index in [4.69, 9.17) is 40.8 Å². The summed E-state index contributed by atoms with van der Waals surface area (Å²) in [4.78, 5) is 47.4. The summed E-state index contributed by atoms with van der Waals surface area (Å²) < 4.78 is 26.7. The molecular weight excluding hydrogens is 1340 g/mol. The fourth-order valence-electron chi connectivity index (χ4n) is 4.86. The minimum Gasteiger partial charge on any atom is -0.494 e. The predicted molar refractivity (Wildman–Crippen MR) is 304 cm³/mol. The van der Waals surface area contributed by atoms with Gasteiger partial charge in [-0.2, -0.15) is 5.53 Å². The van der Waals surface area contributed by atoms with Crippen molar-refractivity contribution in [2.24, 2.45) is 262 Å². The lowest BCUT2D eigenvalue weighted by molar-refractivity contribution is -0.138. The molecule has 0 fully saturated rings. The molecule has 0 atom stereocenters. The maximum atomic E-state index is 12.8. The Morgan fingerprint density at radius 3 is 0.939 bits per heavy atom. The minimum atomic E-state index is -0.574. The second-order valence-electron chi connectivity index (χ2n) is 14.5. The standard InChI is InChI=1S/C36H38ClNO9.H3N51/c1-3-33(39)45-23-9-5-7-21-43-28-15-11-26(12-16-28)35(41)38-32-20-19-30(25-31(32)37)47-36(42)27-13-17-29(18-14-27)44-22-8-6-10-24-46-34(40)4-2;1-3-5-7-9-11-13-15-17-19-21-23-25-27-29-31-33-35-37-39-41-43-45-47-49-51-50-48-46-44-42-40-38-36-34-32-30-28-26-24-22-20-18-16-14-12-10-8-6-4-2/h3-4,11-20,25H,1-2,5-10,21-24H2,(H,38,41);(H3,1,2,5,6,9,10,13,14,17,18,21,22,25,26,29,30,33,34,37,38,41,42,45,46,49,50). The zero-order valence-electron chi connectivity index (χ0n) is 49.0. The highest BCUT2D eigenvalue weighted by Gasteiger charge is 2.13. The van der Waals surface area contributed by atoms with Crippen LogP contribution in [-0.2, 0) is 19.1 Å². The van der Waals surface area contributed by atoms with Crippen molar-refractivity contribution in [1.29, 1.82) is 5.53 Å². The SMILES string of the molecule is C=CC(=O)OCCCCCOc1ccc(C(=O)Nc2ccc(OC(=O)c3ccc(OCCCCCOC(=O)C=C)cc3)cc2Cl)cc1.N=N/N=N/N=N/N=N/N=N/N=N/N=N/N=N/N=N/N=N/N=N/N=N/N=N/N=N/N=N/N=N/N=N/N=N/N=N/N=N/N=N/N=N/N=N/N=N/N=N/N. The Balaban J connectivity index is 0.000000668. The van der Waals surface area contributed by atoms with Crippen LogP contribution in [-0.4, -0.2) is 50.2 Å². The number of hydrogen-bond donors (Lipinski definition) is 3. The fraction of sp³-hybridized carbons (Fsp3) is 0.278. The molecule has 506 valence electrons. The van der Waals surface area contributed by atoms with E-state index in [2.05, 4.69) is 280 Å². The van der Waals surface area contributed by atoms with Crippen molar-refractivity contribution in [2.75, 3.05) is 31.7 Å². The molecule has 0 saturated heterocycles. The number of nitrogens with one attached hydrogen (secondary N) is 2. The van der Waals surface area contributed by atoms with Crippen LogP contribution in [0, 0.1) is 5.53 Å². The molecule has 3 aromatic carbocycles. The van der Waals surface area contributed by atoms with Gasteiger partial charge in [0.25, 0.3) is 5.91 Å². The van der Waals surface area contributed by atoms with Gasteiger partial charge in [-0.3, -0.25) is 4.79 Å². The molecule has 0 aliphatic rings. The number of esters is 3. The van der Waals surface area contributed by atoms with Gasteiger partial charge in [0.1, 0.15) is 17.2 Å². The van der Waals surface area contributed by atoms with E-state index in [1.165, 1.54) is 12.1 Å². The molecule has 98 heavy (non-hydrogen) atoms. The largest absolute Gasteiger partial charge is 0.494 e. The molecule has 1 amide bonds. The number of nitrogens with zero attached hydrogens (tertiary/aromatic N) is 49. The van der Waals surface area contributed by atoms with Crippen molar-refractivity contribution in [2.45, 2.75) is 38.5 Å². The molecule has 3 rings (SSSR count). The van der Waals surface area contributed by atoms with Crippen LogP contribution in [0.3, 0.4) is 0 Å². The van der Waals surface area contributed by atoms with Gasteiger partial charge in [-0.1, -0.05) is 30.0 Å². The van der Waals surface area contributed by atoms with Crippen LogP contribution in [0.5, 0.6) is 17.2 Å². The number of benzene rings is 3. The zero-order valence-corrected chi connectivity index (χ0v) is 49.8. The lowest BCUT2D eigenvalue weighted by Crippen LogP contribution is -2.12. The number of anilines is 1. The van der Waals surface area contributed by atoms with E-state index < -0.39 is 17.9 Å². The molecule has 0 unspecified atom stereocenters. The monoisotopic (exact) mass is 1380 g/mol. The van der Waals surface area contributed by atoms with Crippen LogP contribution < -0.4 is 25.4 Å². The highest BCUT2D eigenvalue weighted by Crippen LogP contribution is 2.28. The molecule has 0 radical (unpaired) electrons. The quantitative estimate of drug-likeness (QED) is 0.00913. The van der Waals surface area contributed by atoms with Crippen molar-refractivity contribution in [3.05, 3.63) is 108 Å². The van der Waals surface area contributed by atoms with Crippen molar-refractivity contribution < 1.29 is 42.9 Å². The Hall–Kier alpha value is -15.3. The summed E-state index contributed by atoms with van der Waals surface area (Å²) in [6, 6.07) is 17.8. The van der Waals surface area contributed by atoms with Gasteiger partial charge >= 0.3 is 17.9 Å². The molecule has 4 N–H and O–H groups in total. The van der Waals surface area contributed by atoms with Gasteiger partial charge in [-0.15, -0.1) is 0 Å². The number of rotatable bonds is 44. The van der Waals surface area contributed by atoms with E-state index >= 15 is 0 Å². The first kappa shape index (κ1) is 78.8. The summed E-state index contributed by atoms with van der Waals surface area (Å²) in [6.07, 6.45) is 7.00. The number of carbonyl (C=O) groups excluding carboxylic acids is 4. The summed E-state index contributed by atoms with van der Waals surface area (Å²) in [7, 11) is 0. The highest BCUT2D eigenvalue weighted by atomic mass is 35.5. The average molecular weight is 1380 g/mol. The summed E-state index contributed by atoms with van der Waals surface area (Å²) in [6.45, 7) is 8.37. The van der Waals surface area contributed by atoms with E-state index in [0.29, 0.717) is 54.7 Å². The van der Waals surface area contributed by atoms with Crippen molar-refractivity contribution in [3.8, 4) is 17.2 Å². The number of halogens is 1. The van der Waals surface area contributed by atoms with Gasteiger partial charge in [-0.25, -0.2) is 14.4 Å². The molecule has 0 bridgehead atoms. The van der Waals surface area contributed by atoms with Crippen molar-refractivity contribution >= 4 is 41.1 Å². The Labute approximate surface area is 545 Å². The van der Waals surface area contributed by atoms with Gasteiger partial charge in [0, 0.05) is 196 Å². The van der Waals surface area contributed by atoms with E-state index in [1.807, 2.05) is 0 Å². The summed E-state index contributed by atoms with van der Waals surface area (Å²) >= 11 is 6.37. The third kappa shape index (κ3) is 45.9.